The number of hydrogen-bond acceptors (Lipinski definition) is 5. The maximum atomic E-state index is 13.8. The molecule has 0 bridgehead atoms. The molecule has 34 heavy (non-hydrogen) atoms. The van der Waals surface area contributed by atoms with Crippen LogP contribution >= 0.6 is 15.9 Å². The predicted molar refractivity (Wildman–Crippen MR) is 132 cm³/mol. The van der Waals surface area contributed by atoms with Gasteiger partial charge in [-0.3, -0.25) is 14.4 Å². The zero-order chi connectivity index (χ0) is 24.5. The summed E-state index contributed by atoms with van der Waals surface area (Å²) < 4.78 is 11.7. The average molecular weight is 527 g/mol. The van der Waals surface area contributed by atoms with E-state index in [4.69, 9.17) is 9.47 Å². The molecule has 4 rings (SSSR count). The van der Waals surface area contributed by atoms with Gasteiger partial charge in [-0.2, -0.15) is 0 Å². The van der Waals surface area contributed by atoms with Gasteiger partial charge >= 0.3 is 11.9 Å². The molecule has 0 aliphatic heterocycles. The fourth-order valence-corrected chi connectivity index (χ4v) is 6.60. The van der Waals surface area contributed by atoms with E-state index in [0.717, 1.165) is 10.0 Å². The van der Waals surface area contributed by atoms with E-state index in [0.29, 0.717) is 24.8 Å². The van der Waals surface area contributed by atoms with Crippen LogP contribution in [-0.4, -0.2) is 30.9 Å². The van der Waals surface area contributed by atoms with Crippen LogP contribution in [0.1, 0.15) is 56.0 Å². The zero-order valence-corrected chi connectivity index (χ0v) is 21.5. The minimum atomic E-state index is -1.32. The zero-order valence-electron chi connectivity index (χ0n) is 19.9. The molecule has 2 aliphatic rings. The molecule has 2 fully saturated rings. The highest BCUT2D eigenvalue weighted by Crippen LogP contribution is 2.64. The Morgan fingerprint density at radius 2 is 1.50 bits per heavy atom. The maximum absolute atomic E-state index is 13.8. The lowest BCUT2D eigenvalue weighted by Crippen LogP contribution is -2.44. The molecule has 2 aromatic carbocycles. The second-order valence-electron chi connectivity index (χ2n) is 9.61. The van der Waals surface area contributed by atoms with Crippen LogP contribution in [0.3, 0.4) is 0 Å². The average Bonchev–Trinajstić information content (AvgIpc) is 3.36. The van der Waals surface area contributed by atoms with Gasteiger partial charge in [0.25, 0.3) is 0 Å². The molecule has 0 amide bonds. The fourth-order valence-electron chi connectivity index (χ4n) is 6.33. The summed E-state index contributed by atoms with van der Waals surface area (Å²) in [7, 11) is 0. The van der Waals surface area contributed by atoms with Crippen LogP contribution < -0.4 is 0 Å². The normalized spacial score (nSPS) is 27.1. The Kier molecular flexibility index (Phi) is 6.99. The number of halogens is 1. The van der Waals surface area contributed by atoms with Gasteiger partial charge in [-0.25, -0.2) is 0 Å². The second-order valence-corrected chi connectivity index (χ2v) is 10.5. The molecule has 5 nitrogen and oxygen atoms in total. The summed E-state index contributed by atoms with van der Waals surface area (Å²) in [6.45, 7) is 6.02. The lowest BCUT2D eigenvalue weighted by molar-refractivity contribution is -0.172. The van der Waals surface area contributed by atoms with Gasteiger partial charge in [-0.15, -0.1) is 0 Å². The van der Waals surface area contributed by atoms with Crippen LogP contribution in [-0.2, 0) is 24.5 Å². The van der Waals surface area contributed by atoms with Crippen molar-refractivity contribution in [3.05, 3.63) is 70.2 Å². The largest absolute Gasteiger partial charge is 0.465 e. The smallest absolute Gasteiger partial charge is 0.323 e. The summed E-state index contributed by atoms with van der Waals surface area (Å²) >= 11 is 3.51. The number of benzene rings is 2. The summed E-state index contributed by atoms with van der Waals surface area (Å²) in [4.78, 5) is 40.1. The highest BCUT2D eigenvalue weighted by Gasteiger charge is 2.66. The molecule has 2 saturated carbocycles. The molecule has 4 atom stereocenters. The van der Waals surface area contributed by atoms with E-state index < -0.39 is 22.8 Å². The van der Waals surface area contributed by atoms with Crippen molar-refractivity contribution in [1.29, 1.82) is 0 Å². The Morgan fingerprint density at radius 3 is 2.06 bits per heavy atom. The molecule has 2 aromatic rings. The van der Waals surface area contributed by atoms with E-state index in [9.17, 15) is 14.4 Å². The topological polar surface area (TPSA) is 69.7 Å². The number of ketones is 1. The third kappa shape index (κ3) is 4.00. The van der Waals surface area contributed by atoms with Gasteiger partial charge in [0.1, 0.15) is 0 Å². The first kappa shape index (κ1) is 24.6. The van der Waals surface area contributed by atoms with E-state index in [1.165, 1.54) is 0 Å². The summed E-state index contributed by atoms with van der Waals surface area (Å²) in [5.41, 5.74) is -0.128. The molecule has 0 aromatic heterocycles. The van der Waals surface area contributed by atoms with Crippen molar-refractivity contribution >= 4 is 33.7 Å². The van der Waals surface area contributed by atoms with Crippen molar-refractivity contribution in [1.82, 2.24) is 0 Å². The van der Waals surface area contributed by atoms with Crippen LogP contribution in [0.25, 0.3) is 0 Å². The molecule has 0 radical (unpaired) electrons. The standard InChI is InChI=1S/C28H31BrO5/c1-4-33-25(31)28(26(32)34-5-2)16-19-15-22(24(30)18-9-7-6-8-10-18)27(3,23(19)17-28)20-11-13-21(29)14-12-20/h6-14,19,22-23H,4-5,15-17H2,1-3H3/t19-,22+,23+,27+/m0/s1. The summed E-state index contributed by atoms with van der Waals surface area (Å²) in [6.07, 6.45) is 1.28. The van der Waals surface area contributed by atoms with Gasteiger partial charge in [0, 0.05) is 21.4 Å². The van der Waals surface area contributed by atoms with Gasteiger partial charge in [0.2, 0.25) is 0 Å². The van der Waals surface area contributed by atoms with Crippen molar-refractivity contribution in [3.8, 4) is 0 Å². The van der Waals surface area contributed by atoms with Crippen LogP contribution in [0.5, 0.6) is 0 Å². The van der Waals surface area contributed by atoms with Crippen molar-refractivity contribution in [2.24, 2.45) is 23.2 Å². The van der Waals surface area contributed by atoms with Gasteiger partial charge in [0.15, 0.2) is 11.2 Å². The molecule has 180 valence electrons. The van der Waals surface area contributed by atoms with Crippen molar-refractivity contribution in [2.75, 3.05) is 13.2 Å². The number of carbonyl (C=O) groups excluding carboxylic acids is 3. The molecular weight excluding hydrogens is 496 g/mol. The van der Waals surface area contributed by atoms with E-state index in [-0.39, 0.29) is 36.8 Å². The lowest BCUT2D eigenvalue weighted by Gasteiger charge is -2.38. The quantitative estimate of drug-likeness (QED) is 0.261. The minimum Gasteiger partial charge on any atom is -0.465 e. The second kappa shape index (κ2) is 9.65. The molecule has 6 heteroatoms. The van der Waals surface area contributed by atoms with Crippen LogP contribution in [0.15, 0.2) is 59.1 Å². The molecule has 0 spiro atoms. The number of carbonyl (C=O) groups is 3. The molecule has 0 saturated heterocycles. The lowest BCUT2D eigenvalue weighted by atomic mass is 9.64. The Labute approximate surface area is 209 Å². The number of ether oxygens (including phenoxy) is 2. The van der Waals surface area contributed by atoms with Gasteiger partial charge in [-0.05, 0) is 62.6 Å². The first-order valence-electron chi connectivity index (χ1n) is 12.0. The van der Waals surface area contributed by atoms with Gasteiger partial charge in [-0.1, -0.05) is 65.3 Å². The van der Waals surface area contributed by atoms with Crippen LogP contribution in [0, 0.1) is 23.2 Å². The maximum Gasteiger partial charge on any atom is 0.323 e. The van der Waals surface area contributed by atoms with Crippen LogP contribution in [0.2, 0.25) is 0 Å². The first-order chi connectivity index (χ1) is 16.3. The Bertz CT molecular complexity index is 1050. The molecule has 0 N–H and O–H groups in total. The monoisotopic (exact) mass is 526 g/mol. The number of rotatable bonds is 7. The van der Waals surface area contributed by atoms with Gasteiger partial charge in [0.05, 0.1) is 13.2 Å². The molecule has 0 unspecified atom stereocenters. The Morgan fingerprint density at radius 1 is 0.912 bits per heavy atom. The Hall–Kier alpha value is -2.47. The summed E-state index contributed by atoms with van der Waals surface area (Å²) in [5.74, 6) is -1.18. The third-order valence-corrected chi connectivity index (χ3v) is 8.48. The SMILES string of the molecule is CCOC(=O)C1(C(=O)OCC)C[C@@H]2C[C@H](C(=O)c3ccccc3)[C@@](C)(c3ccc(Br)cc3)[C@@H]2C1. The Balaban J connectivity index is 1.78. The predicted octanol–water partition coefficient (Wildman–Crippen LogP) is 5.75. The van der Waals surface area contributed by atoms with Crippen molar-refractivity contribution in [3.63, 3.8) is 0 Å². The van der Waals surface area contributed by atoms with Crippen LogP contribution in [0.4, 0.5) is 0 Å². The van der Waals surface area contributed by atoms with E-state index >= 15 is 0 Å². The highest BCUT2D eigenvalue weighted by molar-refractivity contribution is 9.10. The number of fused-ring (bicyclic) bond motifs is 1. The van der Waals surface area contributed by atoms with E-state index in [2.05, 4.69) is 22.9 Å². The van der Waals surface area contributed by atoms with Crippen molar-refractivity contribution < 1.29 is 23.9 Å². The third-order valence-electron chi connectivity index (χ3n) is 7.95. The molecule has 0 heterocycles. The number of esters is 2. The number of hydrogen-bond donors (Lipinski definition) is 0. The highest BCUT2D eigenvalue weighted by atomic mass is 79.9. The molecular formula is C28H31BrO5. The van der Waals surface area contributed by atoms with Gasteiger partial charge < -0.3 is 9.47 Å². The molecule has 2 aliphatic carbocycles. The van der Waals surface area contributed by atoms with Crippen molar-refractivity contribution in [2.45, 2.75) is 45.4 Å². The van der Waals surface area contributed by atoms with E-state index in [1.807, 2.05) is 54.6 Å². The first-order valence-corrected chi connectivity index (χ1v) is 12.8. The summed E-state index contributed by atoms with van der Waals surface area (Å²) in [5, 5.41) is 0. The van der Waals surface area contributed by atoms with E-state index in [1.54, 1.807) is 13.8 Å². The summed E-state index contributed by atoms with van der Waals surface area (Å²) in [6, 6.07) is 17.5. The number of Topliss-reactive ketones (excluding diaryl/α,β-unsaturated/α-hetero) is 1. The minimum absolute atomic E-state index is 0.0279. The fraction of sp³-hybridized carbons (Fsp3) is 0.464.